The minimum Gasteiger partial charge on any atom is -0.368 e. The first-order valence-corrected chi connectivity index (χ1v) is 5.93. The van der Waals surface area contributed by atoms with Crippen LogP contribution in [-0.2, 0) is 9.59 Å². The first-order valence-electron chi connectivity index (χ1n) is 5.93. The summed E-state index contributed by atoms with van der Waals surface area (Å²) in [5.74, 6) is -0.572. The molecule has 2 amide bonds. The smallest absolute Gasteiger partial charge is 0.240 e. The highest BCUT2D eigenvalue weighted by Crippen LogP contribution is 2.21. The van der Waals surface area contributed by atoms with E-state index in [4.69, 9.17) is 5.73 Å². The van der Waals surface area contributed by atoms with Gasteiger partial charge in [0.25, 0.3) is 0 Å². The average molecular weight is 243 g/mol. The Morgan fingerprint density at radius 2 is 1.82 bits per heavy atom. The van der Waals surface area contributed by atoms with Crippen molar-refractivity contribution in [1.82, 2.24) is 10.2 Å². The Kier molecular flexibility index (Phi) is 5.61. The summed E-state index contributed by atoms with van der Waals surface area (Å²) >= 11 is 0. The van der Waals surface area contributed by atoms with Crippen molar-refractivity contribution in [2.24, 2.45) is 11.1 Å². The molecule has 0 aliphatic heterocycles. The molecule has 0 aromatic carbocycles. The van der Waals surface area contributed by atoms with Gasteiger partial charge in [0.2, 0.25) is 11.8 Å². The molecular weight excluding hydrogens is 218 g/mol. The fourth-order valence-corrected chi connectivity index (χ4v) is 1.87. The molecule has 0 spiro atoms. The van der Waals surface area contributed by atoms with Crippen molar-refractivity contribution in [1.29, 1.82) is 0 Å². The Morgan fingerprint density at radius 3 is 2.06 bits per heavy atom. The summed E-state index contributed by atoms with van der Waals surface area (Å²) in [5, 5.41) is 3.01. The number of carbonyl (C=O) groups is 2. The summed E-state index contributed by atoms with van der Waals surface area (Å²) in [6.07, 6.45) is 0. The minimum absolute atomic E-state index is 0.0891. The lowest BCUT2D eigenvalue weighted by atomic mass is 9.85. The summed E-state index contributed by atoms with van der Waals surface area (Å²) < 4.78 is 0. The lowest BCUT2D eigenvalue weighted by Gasteiger charge is -2.35. The van der Waals surface area contributed by atoms with Crippen molar-refractivity contribution in [3.63, 3.8) is 0 Å². The van der Waals surface area contributed by atoms with E-state index in [2.05, 4.69) is 5.32 Å². The maximum Gasteiger partial charge on any atom is 0.240 e. The fourth-order valence-electron chi connectivity index (χ4n) is 1.87. The Labute approximate surface area is 104 Å². The van der Waals surface area contributed by atoms with Gasteiger partial charge in [-0.1, -0.05) is 20.8 Å². The van der Waals surface area contributed by atoms with Crippen LogP contribution in [0.1, 0.15) is 34.6 Å². The van der Waals surface area contributed by atoms with Crippen LogP contribution in [0.15, 0.2) is 0 Å². The standard InChI is InChI=1S/C12H25N3O2/c1-7-15(8(2)10(13)16)11(17)9(14-6)12(3,4)5/h8-9,14H,7H2,1-6H3,(H2,13,16). The number of nitrogens with zero attached hydrogens (tertiary/aromatic N) is 1. The molecule has 0 fully saturated rings. The van der Waals surface area contributed by atoms with Crippen molar-refractivity contribution in [2.45, 2.75) is 46.7 Å². The van der Waals surface area contributed by atoms with Crippen molar-refractivity contribution in [2.75, 3.05) is 13.6 Å². The number of nitrogens with one attached hydrogen (secondary N) is 1. The predicted octanol–water partition coefficient (Wildman–Crippen LogP) is 0.343. The van der Waals surface area contributed by atoms with Gasteiger partial charge in [-0.05, 0) is 26.3 Å². The van der Waals surface area contributed by atoms with Crippen LogP contribution >= 0.6 is 0 Å². The first kappa shape index (κ1) is 15.9. The molecular formula is C12H25N3O2. The van der Waals surface area contributed by atoms with Gasteiger partial charge in [-0.3, -0.25) is 9.59 Å². The van der Waals surface area contributed by atoms with Gasteiger partial charge in [-0.25, -0.2) is 0 Å². The summed E-state index contributed by atoms with van der Waals surface area (Å²) in [5.41, 5.74) is 5.04. The van der Waals surface area contributed by atoms with Crippen molar-refractivity contribution < 1.29 is 9.59 Å². The van der Waals surface area contributed by atoms with Gasteiger partial charge >= 0.3 is 0 Å². The third-order valence-electron chi connectivity index (χ3n) is 2.90. The SMILES string of the molecule is CCN(C(=O)C(NC)C(C)(C)C)C(C)C(N)=O. The zero-order chi connectivity index (χ0) is 13.8. The van der Waals surface area contributed by atoms with E-state index in [1.807, 2.05) is 27.7 Å². The topological polar surface area (TPSA) is 75.4 Å². The molecule has 17 heavy (non-hydrogen) atoms. The highest BCUT2D eigenvalue weighted by atomic mass is 16.2. The molecule has 100 valence electrons. The second-order valence-electron chi connectivity index (χ2n) is 5.29. The predicted molar refractivity (Wildman–Crippen MR) is 68.3 cm³/mol. The molecule has 0 heterocycles. The second-order valence-corrected chi connectivity index (χ2v) is 5.29. The number of primary amides is 1. The van der Waals surface area contributed by atoms with Crippen LogP contribution in [-0.4, -0.2) is 42.4 Å². The van der Waals surface area contributed by atoms with Crippen LogP contribution in [0.25, 0.3) is 0 Å². The third-order valence-corrected chi connectivity index (χ3v) is 2.90. The number of rotatable bonds is 5. The van der Waals surface area contributed by atoms with E-state index >= 15 is 0 Å². The fraction of sp³-hybridized carbons (Fsp3) is 0.833. The summed E-state index contributed by atoms with van der Waals surface area (Å²) in [4.78, 5) is 25.0. The number of carbonyl (C=O) groups excluding carboxylic acids is 2. The van der Waals surface area contributed by atoms with Gasteiger partial charge in [0, 0.05) is 6.54 Å². The summed E-state index contributed by atoms with van der Waals surface area (Å²) in [7, 11) is 1.75. The summed E-state index contributed by atoms with van der Waals surface area (Å²) in [6, 6.07) is -0.907. The van der Waals surface area contributed by atoms with Crippen LogP contribution in [0.4, 0.5) is 0 Å². The maximum atomic E-state index is 12.4. The number of amides is 2. The highest BCUT2D eigenvalue weighted by Gasteiger charge is 2.35. The molecule has 2 unspecified atom stereocenters. The zero-order valence-electron chi connectivity index (χ0n) is 11.7. The van der Waals surface area contributed by atoms with Gasteiger partial charge in [0.15, 0.2) is 0 Å². The van der Waals surface area contributed by atoms with Crippen LogP contribution in [0.3, 0.4) is 0 Å². The van der Waals surface area contributed by atoms with Crippen LogP contribution in [0.2, 0.25) is 0 Å². The minimum atomic E-state index is -0.578. The molecule has 0 radical (unpaired) electrons. The largest absolute Gasteiger partial charge is 0.368 e. The molecule has 0 aromatic rings. The first-order chi connectivity index (χ1) is 7.66. The van der Waals surface area contributed by atoms with Gasteiger partial charge in [-0.15, -0.1) is 0 Å². The Balaban J connectivity index is 5.03. The quantitative estimate of drug-likeness (QED) is 0.731. The lowest BCUT2D eigenvalue weighted by Crippen LogP contribution is -2.56. The Bertz CT molecular complexity index is 284. The van der Waals surface area contributed by atoms with E-state index in [9.17, 15) is 9.59 Å². The van der Waals surface area contributed by atoms with E-state index in [1.54, 1.807) is 14.0 Å². The van der Waals surface area contributed by atoms with E-state index in [-0.39, 0.29) is 17.4 Å². The van der Waals surface area contributed by atoms with Crippen LogP contribution in [0.5, 0.6) is 0 Å². The van der Waals surface area contributed by atoms with Crippen molar-refractivity contribution in [3.8, 4) is 0 Å². The normalized spacial score (nSPS) is 15.2. The molecule has 0 aliphatic carbocycles. The molecule has 0 aliphatic rings. The molecule has 2 atom stereocenters. The number of hydrogen-bond donors (Lipinski definition) is 2. The third kappa shape index (κ3) is 4.00. The van der Waals surface area contributed by atoms with Gasteiger partial charge < -0.3 is 16.0 Å². The maximum absolute atomic E-state index is 12.4. The molecule has 0 saturated carbocycles. The average Bonchev–Trinajstić information content (AvgIpc) is 2.17. The molecule has 0 rings (SSSR count). The van der Waals surface area contributed by atoms with E-state index in [1.165, 1.54) is 4.90 Å². The monoisotopic (exact) mass is 243 g/mol. The Hall–Kier alpha value is -1.10. The van der Waals surface area contributed by atoms with Gasteiger partial charge in [0.05, 0.1) is 6.04 Å². The summed E-state index contributed by atoms with van der Waals surface area (Å²) in [6.45, 7) is 9.90. The lowest BCUT2D eigenvalue weighted by molar-refractivity contribution is -0.142. The van der Waals surface area contributed by atoms with E-state index < -0.39 is 11.9 Å². The molecule has 0 saturated heterocycles. The highest BCUT2D eigenvalue weighted by molar-refractivity contribution is 5.89. The molecule has 0 aromatic heterocycles. The molecule has 0 bridgehead atoms. The molecule has 5 heteroatoms. The van der Waals surface area contributed by atoms with E-state index in [0.717, 1.165) is 0 Å². The molecule has 3 N–H and O–H groups in total. The van der Waals surface area contributed by atoms with E-state index in [0.29, 0.717) is 6.54 Å². The zero-order valence-corrected chi connectivity index (χ0v) is 11.7. The van der Waals surface area contributed by atoms with Crippen molar-refractivity contribution >= 4 is 11.8 Å². The number of hydrogen-bond acceptors (Lipinski definition) is 3. The molecule has 5 nitrogen and oxygen atoms in total. The number of likely N-dealkylation sites (N-methyl/N-ethyl adjacent to an activating group) is 2. The Morgan fingerprint density at radius 1 is 1.35 bits per heavy atom. The van der Waals surface area contributed by atoms with Crippen LogP contribution in [0, 0.1) is 5.41 Å². The van der Waals surface area contributed by atoms with Gasteiger partial charge in [-0.2, -0.15) is 0 Å². The van der Waals surface area contributed by atoms with Gasteiger partial charge in [0.1, 0.15) is 6.04 Å². The van der Waals surface area contributed by atoms with Crippen molar-refractivity contribution in [3.05, 3.63) is 0 Å². The number of nitrogens with two attached hydrogens (primary N) is 1. The van der Waals surface area contributed by atoms with Crippen LogP contribution < -0.4 is 11.1 Å². The second kappa shape index (κ2) is 6.00.